The lowest BCUT2D eigenvalue weighted by atomic mass is 10.0. The van der Waals surface area contributed by atoms with Gasteiger partial charge in [0, 0.05) is 41.0 Å². The van der Waals surface area contributed by atoms with Crippen LogP contribution in [0.1, 0.15) is 57.4 Å². The summed E-state index contributed by atoms with van der Waals surface area (Å²) in [6.07, 6.45) is 1.97. The largest absolute Gasteiger partial charge is 0.497 e. The van der Waals surface area contributed by atoms with E-state index >= 15 is 0 Å². The Labute approximate surface area is 212 Å². The molecule has 3 aromatic rings. The predicted octanol–water partition coefficient (Wildman–Crippen LogP) is 7.51. The molecular formula is C29H42N2O3Si. The van der Waals surface area contributed by atoms with Gasteiger partial charge in [0.15, 0.2) is 8.32 Å². The molecule has 0 aliphatic carbocycles. The van der Waals surface area contributed by atoms with Gasteiger partial charge < -0.3 is 18.5 Å². The topological polar surface area (TPSA) is 45.0 Å². The molecule has 3 rings (SSSR count). The first-order chi connectivity index (χ1) is 16.5. The van der Waals surface area contributed by atoms with E-state index in [1.165, 1.54) is 22.2 Å². The van der Waals surface area contributed by atoms with Crippen molar-refractivity contribution in [2.45, 2.75) is 71.8 Å². The van der Waals surface area contributed by atoms with Gasteiger partial charge in [-0.15, -0.1) is 0 Å². The van der Waals surface area contributed by atoms with E-state index in [2.05, 4.69) is 76.7 Å². The maximum atomic E-state index is 6.51. The Morgan fingerprint density at radius 2 is 1.74 bits per heavy atom. The maximum Gasteiger partial charge on any atom is 0.192 e. The minimum absolute atomic E-state index is 0.197. The summed E-state index contributed by atoms with van der Waals surface area (Å²) in [5, 5.41) is 1.42. The first kappa shape index (κ1) is 27.0. The lowest BCUT2D eigenvalue weighted by molar-refractivity contribution is 0.269. The molecule has 1 heterocycles. The second kappa shape index (κ2) is 11.0. The van der Waals surface area contributed by atoms with Crippen molar-refractivity contribution < 1.29 is 13.9 Å². The van der Waals surface area contributed by atoms with Gasteiger partial charge in [0.1, 0.15) is 11.5 Å². The van der Waals surface area contributed by atoms with Crippen molar-refractivity contribution in [1.29, 1.82) is 0 Å². The van der Waals surface area contributed by atoms with Crippen molar-refractivity contribution in [2.75, 3.05) is 14.2 Å². The van der Waals surface area contributed by atoms with Crippen LogP contribution >= 0.6 is 0 Å². The zero-order valence-electron chi connectivity index (χ0n) is 23.0. The number of ether oxygens (including phenoxy) is 2. The van der Waals surface area contributed by atoms with Gasteiger partial charge in [0.25, 0.3) is 0 Å². The summed E-state index contributed by atoms with van der Waals surface area (Å²) in [5.74, 6) is 1.58. The zero-order valence-corrected chi connectivity index (χ0v) is 24.0. The minimum Gasteiger partial charge on any atom is -0.497 e. The molecule has 2 aromatic carbocycles. The number of aromatic nitrogens is 1. The van der Waals surface area contributed by atoms with Crippen LogP contribution in [0.4, 0.5) is 0 Å². The van der Waals surface area contributed by atoms with E-state index in [0.717, 1.165) is 35.6 Å². The molecule has 0 amide bonds. The molecule has 0 aliphatic rings. The average molecular weight is 495 g/mol. The van der Waals surface area contributed by atoms with E-state index in [1.807, 2.05) is 18.2 Å². The van der Waals surface area contributed by atoms with E-state index in [-0.39, 0.29) is 5.04 Å². The highest BCUT2D eigenvalue weighted by molar-refractivity contribution is 6.74. The quantitative estimate of drug-likeness (QED) is 0.216. The number of nitrogens with zero attached hydrogens (tertiary/aromatic N) is 2. The minimum atomic E-state index is -1.81. The first-order valence-electron chi connectivity index (χ1n) is 12.5. The van der Waals surface area contributed by atoms with Gasteiger partial charge in [0.05, 0.1) is 27.4 Å². The van der Waals surface area contributed by atoms with Crippen LogP contribution in [0.5, 0.6) is 11.5 Å². The van der Waals surface area contributed by atoms with Crippen LogP contribution in [0.15, 0.2) is 47.5 Å². The molecule has 0 atom stereocenters. The van der Waals surface area contributed by atoms with E-state index < -0.39 is 8.32 Å². The Kier molecular flexibility index (Phi) is 8.49. The Balaban J connectivity index is 1.88. The fraction of sp³-hybridized carbons (Fsp3) is 0.483. The lowest BCUT2D eigenvalue weighted by Crippen LogP contribution is -2.40. The number of hydrogen-bond acceptors (Lipinski definition) is 4. The van der Waals surface area contributed by atoms with Crippen molar-refractivity contribution >= 4 is 24.9 Å². The molecule has 35 heavy (non-hydrogen) atoms. The molecule has 0 saturated carbocycles. The third-order valence-electron chi connectivity index (χ3n) is 7.28. The van der Waals surface area contributed by atoms with Crippen LogP contribution in [-0.4, -0.2) is 32.8 Å². The SMILES string of the molecule is CCCC(=NCc1ccc(OC)cc1OC)c1ccc2c(c1)cc(CO[Si](C)(C)C(C)(C)C)n2C. The van der Waals surface area contributed by atoms with Crippen molar-refractivity contribution in [2.24, 2.45) is 12.0 Å². The molecule has 5 nitrogen and oxygen atoms in total. The van der Waals surface area contributed by atoms with Crippen LogP contribution in [0.25, 0.3) is 10.9 Å². The van der Waals surface area contributed by atoms with Gasteiger partial charge >= 0.3 is 0 Å². The highest BCUT2D eigenvalue weighted by Gasteiger charge is 2.37. The van der Waals surface area contributed by atoms with Crippen molar-refractivity contribution in [3.8, 4) is 11.5 Å². The van der Waals surface area contributed by atoms with E-state index in [1.54, 1.807) is 14.2 Å². The van der Waals surface area contributed by atoms with Crippen LogP contribution in [0.2, 0.25) is 18.1 Å². The van der Waals surface area contributed by atoms with Crippen LogP contribution in [-0.2, 0) is 24.6 Å². The van der Waals surface area contributed by atoms with Gasteiger partial charge in [0.2, 0.25) is 0 Å². The third kappa shape index (κ3) is 6.17. The van der Waals surface area contributed by atoms with Gasteiger partial charge in [-0.05, 0) is 60.4 Å². The summed E-state index contributed by atoms with van der Waals surface area (Å²) < 4.78 is 19.7. The lowest BCUT2D eigenvalue weighted by Gasteiger charge is -2.36. The second-order valence-corrected chi connectivity index (χ2v) is 15.5. The van der Waals surface area contributed by atoms with Gasteiger partial charge in [-0.2, -0.15) is 0 Å². The van der Waals surface area contributed by atoms with Crippen molar-refractivity contribution in [3.05, 3.63) is 59.3 Å². The van der Waals surface area contributed by atoms with E-state index in [9.17, 15) is 0 Å². The van der Waals surface area contributed by atoms with Gasteiger partial charge in [-0.1, -0.05) is 40.2 Å². The van der Waals surface area contributed by atoms with Crippen LogP contribution < -0.4 is 9.47 Å². The van der Waals surface area contributed by atoms with Gasteiger partial charge in [-0.25, -0.2) is 0 Å². The number of hydrogen-bond donors (Lipinski definition) is 0. The summed E-state index contributed by atoms with van der Waals surface area (Å²) in [6, 6.07) is 14.8. The number of aliphatic imine (C=N–C) groups is 1. The third-order valence-corrected chi connectivity index (χ3v) is 11.8. The molecule has 1 aromatic heterocycles. The molecule has 0 unspecified atom stereocenters. The summed E-state index contributed by atoms with van der Waals surface area (Å²) in [6.45, 7) is 14.9. The molecule has 0 radical (unpaired) electrons. The molecule has 6 heteroatoms. The van der Waals surface area contributed by atoms with Crippen molar-refractivity contribution in [3.63, 3.8) is 0 Å². The summed E-state index contributed by atoms with van der Waals surface area (Å²) in [4.78, 5) is 5.02. The molecule has 0 fully saturated rings. The summed E-state index contributed by atoms with van der Waals surface area (Å²) in [7, 11) is 3.67. The molecular weight excluding hydrogens is 452 g/mol. The van der Waals surface area contributed by atoms with Gasteiger partial charge in [-0.3, -0.25) is 4.99 Å². The van der Waals surface area contributed by atoms with E-state index in [0.29, 0.717) is 13.2 Å². The normalized spacial score (nSPS) is 12.9. The number of rotatable bonds is 10. The monoisotopic (exact) mass is 494 g/mol. The zero-order chi connectivity index (χ0) is 25.8. The number of methoxy groups -OCH3 is 2. The maximum absolute atomic E-state index is 6.51. The Morgan fingerprint density at radius 1 is 1.00 bits per heavy atom. The highest BCUT2D eigenvalue weighted by atomic mass is 28.4. The number of benzene rings is 2. The molecule has 0 aliphatic heterocycles. The smallest absolute Gasteiger partial charge is 0.192 e. The number of fused-ring (bicyclic) bond motifs is 1. The fourth-order valence-corrected chi connectivity index (χ4v) is 4.85. The predicted molar refractivity (Wildman–Crippen MR) is 150 cm³/mol. The van der Waals surface area contributed by atoms with Crippen LogP contribution in [0, 0.1) is 0 Å². The summed E-state index contributed by atoms with van der Waals surface area (Å²) in [5.41, 5.74) is 5.77. The Morgan fingerprint density at radius 3 is 2.37 bits per heavy atom. The van der Waals surface area contributed by atoms with E-state index in [4.69, 9.17) is 18.9 Å². The van der Waals surface area contributed by atoms with Crippen molar-refractivity contribution in [1.82, 2.24) is 4.57 Å². The summed E-state index contributed by atoms with van der Waals surface area (Å²) >= 11 is 0. The second-order valence-electron chi connectivity index (χ2n) is 10.7. The average Bonchev–Trinajstić information content (AvgIpc) is 3.14. The standard InChI is InChI=1S/C29H42N2O3Si/c1-10-11-26(30-19-22-12-14-25(32-6)18-28(22)33-7)21-13-15-27-23(16-21)17-24(31(27)5)20-34-35(8,9)29(2,3)4/h12-18H,10-11,19-20H2,1-9H3. The molecule has 0 bridgehead atoms. The van der Waals surface area contributed by atoms with Crippen LogP contribution in [0.3, 0.4) is 0 Å². The molecule has 190 valence electrons. The molecule has 0 N–H and O–H groups in total. The highest BCUT2D eigenvalue weighted by Crippen LogP contribution is 2.37. The Hall–Kier alpha value is -2.57. The molecule has 0 spiro atoms. The fourth-order valence-electron chi connectivity index (χ4n) is 3.91. The first-order valence-corrected chi connectivity index (χ1v) is 15.4. The Bertz CT molecular complexity index is 1190. The number of aryl methyl sites for hydroxylation is 1. The molecule has 0 saturated heterocycles.